The Labute approximate surface area is 189 Å². The van der Waals surface area contributed by atoms with Gasteiger partial charge in [-0.2, -0.15) is 0 Å². The largest absolute Gasteiger partial charge is 0.364 e. The molecule has 2 aromatic rings. The molecule has 5 heteroatoms. The summed E-state index contributed by atoms with van der Waals surface area (Å²) in [5.74, 6) is 0.384. The lowest BCUT2D eigenvalue weighted by atomic mass is 9.79. The second-order valence-corrected chi connectivity index (χ2v) is 10.5. The van der Waals surface area contributed by atoms with Gasteiger partial charge in [-0.3, -0.25) is 4.79 Å². The first kappa shape index (κ1) is 21.7. The number of nitrogens with zero attached hydrogens (tertiary/aromatic N) is 2. The van der Waals surface area contributed by atoms with E-state index in [1.54, 1.807) is 0 Å². The number of amides is 1. The number of thioether (sulfide) groups is 1. The van der Waals surface area contributed by atoms with Crippen molar-refractivity contribution in [2.75, 3.05) is 4.90 Å². The zero-order valence-corrected chi connectivity index (χ0v) is 20.0. The summed E-state index contributed by atoms with van der Waals surface area (Å²) in [5, 5.41) is 3.53. The van der Waals surface area contributed by atoms with Crippen LogP contribution in [-0.2, 0) is 4.79 Å². The van der Waals surface area contributed by atoms with E-state index >= 15 is 0 Å². The van der Waals surface area contributed by atoms with E-state index in [4.69, 9.17) is 0 Å². The molecule has 4 rings (SSSR count). The molecule has 1 amide bonds. The van der Waals surface area contributed by atoms with Gasteiger partial charge in [0, 0.05) is 17.3 Å². The Bertz CT molecular complexity index is 1080. The van der Waals surface area contributed by atoms with Gasteiger partial charge in [-0.1, -0.05) is 31.2 Å². The highest BCUT2D eigenvalue weighted by atomic mass is 32.2. The number of aliphatic imine (C=N–C) groups is 1. The predicted molar refractivity (Wildman–Crippen MR) is 133 cm³/mol. The molecule has 2 aliphatic heterocycles. The fraction of sp³-hybridized carbons (Fsp3) is 0.385. The van der Waals surface area contributed by atoms with Crippen molar-refractivity contribution in [2.45, 2.75) is 65.5 Å². The van der Waals surface area contributed by atoms with Gasteiger partial charge in [-0.25, -0.2) is 4.99 Å². The minimum Gasteiger partial charge on any atom is -0.364 e. The van der Waals surface area contributed by atoms with Gasteiger partial charge in [0.2, 0.25) is 0 Å². The summed E-state index contributed by atoms with van der Waals surface area (Å²) in [6.45, 7) is 13.5. The first-order valence-corrected chi connectivity index (χ1v) is 11.8. The summed E-state index contributed by atoms with van der Waals surface area (Å²) in [7, 11) is 0. The van der Waals surface area contributed by atoms with Crippen LogP contribution in [0.1, 0.15) is 63.6 Å². The van der Waals surface area contributed by atoms with Crippen LogP contribution in [0.15, 0.2) is 52.4 Å². The van der Waals surface area contributed by atoms with Crippen LogP contribution >= 0.6 is 11.8 Å². The fourth-order valence-electron chi connectivity index (χ4n) is 4.97. The number of amidine groups is 1. The molecule has 0 saturated carbocycles. The first-order valence-electron chi connectivity index (χ1n) is 10.9. The zero-order valence-electron chi connectivity index (χ0n) is 19.2. The number of nitrogens with one attached hydrogen (secondary N) is 1. The third-order valence-electron chi connectivity index (χ3n) is 6.10. The van der Waals surface area contributed by atoms with E-state index in [0.29, 0.717) is 22.0 Å². The van der Waals surface area contributed by atoms with Gasteiger partial charge in [-0.05, 0) is 99.7 Å². The molecule has 31 heavy (non-hydrogen) atoms. The van der Waals surface area contributed by atoms with Crippen molar-refractivity contribution in [3.8, 4) is 0 Å². The van der Waals surface area contributed by atoms with Crippen molar-refractivity contribution in [1.29, 1.82) is 0 Å². The SMILES string of the molecule is Cc1ccccc1N=C1NC(=O)/C(=C/c2ccc3c(c2)[C@@H](C)CC(C)(C)N3C(C)C)S1. The number of carbonyl (C=O) groups is 1. The second kappa shape index (κ2) is 8.19. The summed E-state index contributed by atoms with van der Waals surface area (Å²) < 4.78 is 0. The van der Waals surface area contributed by atoms with E-state index in [-0.39, 0.29) is 11.4 Å². The molecule has 0 aromatic heterocycles. The topological polar surface area (TPSA) is 44.7 Å². The predicted octanol–water partition coefficient (Wildman–Crippen LogP) is 6.39. The van der Waals surface area contributed by atoms with E-state index in [1.807, 2.05) is 37.3 Å². The molecular formula is C26H31N3OS. The number of fused-ring (bicyclic) bond motifs is 1. The van der Waals surface area contributed by atoms with Crippen LogP contribution in [0.5, 0.6) is 0 Å². The Morgan fingerprint density at radius 2 is 1.97 bits per heavy atom. The summed E-state index contributed by atoms with van der Waals surface area (Å²) >= 11 is 1.40. The monoisotopic (exact) mass is 433 g/mol. The van der Waals surface area contributed by atoms with E-state index in [2.05, 4.69) is 68.0 Å². The van der Waals surface area contributed by atoms with Gasteiger partial charge in [0.25, 0.3) is 5.91 Å². The van der Waals surface area contributed by atoms with Gasteiger partial charge in [0.15, 0.2) is 5.17 Å². The summed E-state index contributed by atoms with van der Waals surface area (Å²) in [4.78, 5) is 20.4. The molecule has 162 valence electrons. The van der Waals surface area contributed by atoms with Crippen LogP contribution < -0.4 is 10.2 Å². The molecule has 0 radical (unpaired) electrons. The fourth-order valence-corrected chi connectivity index (χ4v) is 5.80. The molecule has 0 unspecified atom stereocenters. The maximum absolute atomic E-state index is 12.6. The quantitative estimate of drug-likeness (QED) is 0.571. The molecule has 2 heterocycles. The average molecular weight is 434 g/mol. The number of hydrogen-bond acceptors (Lipinski definition) is 4. The molecule has 1 saturated heterocycles. The van der Waals surface area contributed by atoms with Gasteiger partial charge in [-0.15, -0.1) is 0 Å². The third-order valence-corrected chi connectivity index (χ3v) is 7.01. The highest BCUT2D eigenvalue weighted by Crippen LogP contribution is 2.45. The van der Waals surface area contributed by atoms with Crippen LogP contribution in [0.25, 0.3) is 6.08 Å². The minimum absolute atomic E-state index is 0.0898. The van der Waals surface area contributed by atoms with Crippen LogP contribution in [0.2, 0.25) is 0 Å². The molecule has 0 spiro atoms. The van der Waals surface area contributed by atoms with Crippen molar-refractivity contribution in [2.24, 2.45) is 4.99 Å². The number of anilines is 1. The standard InChI is InChI=1S/C26H31N3OS/c1-16(2)29-22-12-11-19(13-20(22)18(4)15-26(29,5)6)14-23-24(30)28-25(31-23)27-21-10-8-7-9-17(21)3/h7-14,16,18H,15H2,1-6H3,(H,27,28,30)/b23-14-/t18-/m0/s1. The first-order chi connectivity index (χ1) is 14.7. The Balaban J connectivity index is 1.64. The molecule has 1 fully saturated rings. The van der Waals surface area contributed by atoms with Gasteiger partial charge in [0.1, 0.15) is 0 Å². The number of rotatable bonds is 3. The third kappa shape index (κ3) is 4.29. The number of aryl methyl sites for hydroxylation is 1. The molecule has 1 N–H and O–H groups in total. The minimum atomic E-state index is -0.0898. The van der Waals surface area contributed by atoms with Crippen LogP contribution in [0.4, 0.5) is 11.4 Å². The van der Waals surface area contributed by atoms with Crippen molar-refractivity contribution < 1.29 is 4.79 Å². The van der Waals surface area contributed by atoms with Crippen molar-refractivity contribution in [3.05, 3.63) is 64.1 Å². The normalized spacial score (nSPS) is 22.9. The second-order valence-electron chi connectivity index (χ2n) is 9.47. The van der Waals surface area contributed by atoms with Gasteiger partial charge in [0.05, 0.1) is 10.6 Å². The Hall–Kier alpha value is -2.53. The van der Waals surface area contributed by atoms with Gasteiger partial charge >= 0.3 is 0 Å². The molecule has 4 nitrogen and oxygen atoms in total. The average Bonchev–Trinajstić information content (AvgIpc) is 3.02. The van der Waals surface area contributed by atoms with Crippen LogP contribution in [0.3, 0.4) is 0 Å². The maximum atomic E-state index is 12.6. The smallest absolute Gasteiger partial charge is 0.264 e. The molecular weight excluding hydrogens is 402 g/mol. The molecule has 1 atom stereocenters. The van der Waals surface area contributed by atoms with Gasteiger partial charge < -0.3 is 10.2 Å². The summed E-state index contributed by atoms with van der Waals surface area (Å²) in [6, 6.07) is 15.0. The van der Waals surface area contributed by atoms with Crippen molar-refractivity contribution >= 4 is 40.3 Å². The summed E-state index contributed by atoms with van der Waals surface area (Å²) in [5.41, 5.74) is 5.83. The Morgan fingerprint density at radius 3 is 2.68 bits per heavy atom. The number of hydrogen-bond donors (Lipinski definition) is 1. The van der Waals surface area contributed by atoms with Crippen molar-refractivity contribution in [1.82, 2.24) is 5.32 Å². The lowest BCUT2D eigenvalue weighted by Gasteiger charge is -2.50. The number of carbonyl (C=O) groups excluding carboxylic acids is 1. The maximum Gasteiger partial charge on any atom is 0.264 e. The molecule has 2 aliphatic rings. The van der Waals surface area contributed by atoms with E-state index < -0.39 is 0 Å². The van der Waals surface area contributed by atoms with E-state index in [9.17, 15) is 4.79 Å². The van der Waals surface area contributed by atoms with Crippen molar-refractivity contribution in [3.63, 3.8) is 0 Å². The zero-order chi connectivity index (χ0) is 22.3. The Kier molecular flexibility index (Phi) is 5.73. The van der Waals surface area contributed by atoms with E-state index in [1.165, 1.54) is 23.0 Å². The Morgan fingerprint density at radius 1 is 1.23 bits per heavy atom. The number of benzene rings is 2. The van der Waals surface area contributed by atoms with Crippen LogP contribution in [0, 0.1) is 6.92 Å². The van der Waals surface area contributed by atoms with E-state index in [0.717, 1.165) is 23.2 Å². The highest BCUT2D eigenvalue weighted by molar-refractivity contribution is 8.18. The molecule has 2 aromatic carbocycles. The molecule has 0 aliphatic carbocycles. The lowest BCUT2D eigenvalue weighted by molar-refractivity contribution is -0.115. The lowest BCUT2D eigenvalue weighted by Crippen LogP contribution is -2.51. The molecule has 0 bridgehead atoms. The number of para-hydroxylation sites is 1. The van der Waals surface area contributed by atoms with Crippen LogP contribution in [-0.4, -0.2) is 22.7 Å². The highest BCUT2D eigenvalue weighted by Gasteiger charge is 2.37. The summed E-state index contributed by atoms with van der Waals surface area (Å²) in [6.07, 6.45) is 3.09.